The minimum atomic E-state index is 0.101. The first-order valence-corrected chi connectivity index (χ1v) is 7.91. The third-order valence-electron chi connectivity index (χ3n) is 4.21. The lowest BCUT2D eigenvalue weighted by atomic mass is 9.77. The Balaban J connectivity index is 2.08. The highest BCUT2D eigenvalue weighted by atomic mass is 35.5. The number of aryl methyl sites for hydroxylation is 2. The molecular formula is C15H26ClN3O2. The van der Waals surface area contributed by atoms with Crippen LogP contribution in [0, 0.1) is 12.3 Å². The van der Waals surface area contributed by atoms with Gasteiger partial charge in [0.25, 0.3) is 0 Å². The molecule has 0 aromatic carbocycles. The molecule has 6 heteroatoms. The van der Waals surface area contributed by atoms with Crippen molar-refractivity contribution in [3.05, 3.63) is 16.4 Å². The van der Waals surface area contributed by atoms with E-state index in [1.54, 1.807) is 11.8 Å². The molecule has 1 fully saturated rings. The molecule has 0 radical (unpaired) electrons. The van der Waals surface area contributed by atoms with Crippen LogP contribution in [0.3, 0.4) is 0 Å². The van der Waals surface area contributed by atoms with Crippen molar-refractivity contribution in [2.45, 2.75) is 26.2 Å². The molecule has 120 valence electrons. The summed E-state index contributed by atoms with van der Waals surface area (Å²) in [5.74, 6) is 0. The van der Waals surface area contributed by atoms with Crippen LogP contribution in [0.15, 0.2) is 0 Å². The normalized spacial score (nSPS) is 22.7. The molecule has 2 heterocycles. The number of rotatable bonds is 7. The third-order valence-corrected chi connectivity index (χ3v) is 4.68. The first-order valence-electron chi connectivity index (χ1n) is 7.53. The molecule has 1 aliphatic rings. The summed E-state index contributed by atoms with van der Waals surface area (Å²) < 4.78 is 12.6. The van der Waals surface area contributed by atoms with Gasteiger partial charge in [-0.2, -0.15) is 5.10 Å². The summed E-state index contributed by atoms with van der Waals surface area (Å²) in [6.07, 6.45) is 3.16. The average molecular weight is 316 g/mol. The molecule has 1 saturated heterocycles. The van der Waals surface area contributed by atoms with Crippen LogP contribution in [0.5, 0.6) is 0 Å². The molecule has 0 aliphatic carbocycles. The number of nitrogens with zero attached hydrogens (tertiary/aromatic N) is 2. The molecule has 5 nitrogen and oxygen atoms in total. The summed E-state index contributed by atoms with van der Waals surface area (Å²) >= 11 is 6.40. The molecule has 1 aliphatic heterocycles. The van der Waals surface area contributed by atoms with Crippen LogP contribution in [0.4, 0.5) is 0 Å². The van der Waals surface area contributed by atoms with Crippen molar-refractivity contribution in [1.82, 2.24) is 15.1 Å². The number of methoxy groups -OCH3 is 1. The van der Waals surface area contributed by atoms with Crippen LogP contribution in [0.25, 0.3) is 0 Å². The van der Waals surface area contributed by atoms with Crippen molar-refractivity contribution in [1.29, 1.82) is 0 Å². The van der Waals surface area contributed by atoms with Gasteiger partial charge in [-0.25, -0.2) is 0 Å². The quantitative estimate of drug-likeness (QED) is 0.781. The Hall–Kier alpha value is -0.620. The summed E-state index contributed by atoms with van der Waals surface area (Å²) in [6, 6.07) is 0. The molecule has 1 N–H and O–H groups in total. The van der Waals surface area contributed by atoms with Crippen molar-refractivity contribution >= 4 is 11.6 Å². The molecule has 0 spiro atoms. The second kappa shape index (κ2) is 7.58. The van der Waals surface area contributed by atoms with Gasteiger partial charge in [-0.05, 0) is 26.2 Å². The molecule has 0 amide bonds. The van der Waals surface area contributed by atoms with Crippen LogP contribution < -0.4 is 5.32 Å². The number of ether oxygens (including phenoxy) is 2. The summed E-state index contributed by atoms with van der Waals surface area (Å²) in [6.45, 7) is 6.16. The standard InChI is InChI=1S/C15H26ClN3O2/c1-12-13(14(16)19(2)18-12)9-15(5-4-7-21-11-15)10-17-6-8-20-3/h17H,4-11H2,1-3H3. The van der Waals surface area contributed by atoms with Gasteiger partial charge in [0.1, 0.15) is 5.15 Å². The molecule has 0 saturated carbocycles. The maximum atomic E-state index is 6.40. The maximum absolute atomic E-state index is 6.40. The number of halogens is 1. The fourth-order valence-electron chi connectivity index (χ4n) is 3.03. The Bertz CT molecular complexity index is 456. The zero-order valence-electron chi connectivity index (χ0n) is 13.2. The molecule has 1 aromatic heterocycles. The van der Waals surface area contributed by atoms with E-state index in [-0.39, 0.29) is 5.41 Å². The van der Waals surface area contributed by atoms with E-state index < -0.39 is 0 Å². The van der Waals surface area contributed by atoms with Crippen molar-refractivity contribution in [3.8, 4) is 0 Å². The van der Waals surface area contributed by atoms with Crippen molar-refractivity contribution in [2.24, 2.45) is 12.5 Å². The number of nitrogens with one attached hydrogen (secondary N) is 1. The average Bonchev–Trinajstić information content (AvgIpc) is 2.71. The van der Waals surface area contributed by atoms with E-state index in [4.69, 9.17) is 21.1 Å². The van der Waals surface area contributed by atoms with Gasteiger partial charge in [0.05, 0.1) is 18.9 Å². The van der Waals surface area contributed by atoms with E-state index in [0.29, 0.717) is 0 Å². The molecule has 1 aromatic rings. The fourth-order valence-corrected chi connectivity index (χ4v) is 3.27. The second-order valence-electron chi connectivity index (χ2n) is 5.98. The Labute approximate surface area is 131 Å². The second-order valence-corrected chi connectivity index (χ2v) is 6.34. The fraction of sp³-hybridized carbons (Fsp3) is 0.800. The Morgan fingerprint density at radius 1 is 1.52 bits per heavy atom. The molecule has 21 heavy (non-hydrogen) atoms. The predicted octanol–water partition coefficient (Wildman–Crippen LogP) is 1.96. The van der Waals surface area contributed by atoms with Crippen LogP contribution in [0.1, 0.15) is 24.1 Å². The summed E-state index contributed by atoms with van der Waals surface area (Å²) in [5.41, 5.74) is 2.27. The summed E-state index contributed by atoms with van der Waals surface area (Å²) in [7, 11) is 3.61. The Morgan fingerprint density at radius 3 is 2.90 bits per heavy atom. The number of hydrogen-bond acceptors (Lipinski definition) is 4. The van der Waals surface area contributed by atoms with E-state index in [1.165, 1.54) is 0 Å². The highest BCUT2D eigenvalue weighted by Gasteiger charge is 2.34. The van der Waals surface area contributed by atoms with Gasteiger partial charge < -0.3 is 14.8 Å². The molecule has 1 unspecified atom stereocenters. The Kier molecular flexibility index (Phi) is 6.05. The van der Waals surface area contributed by atoms with E-state index in [2.05, 4.69) is 10.4 Å². The minimum Gasteiger partial charge on any atom is -0.383 e. The lowest BCUT2D eigenvalue weighted by Gasteiger charge is -2.37. The molecule has 0 bridgehead atoms. The van der Waals surface area contributed by atoms with E-state index >= 15 is 0 Å². The first kappa shape index (κ1) is 16.7. The van der Waals surface area contributed by atoms with E-state index in [9.17, 15) is 0 Å². The van der Waals surface area contributed by atoms with Crippen molar-refractivity contribution in [3.63, 3.8) is 0 Å². The summed E-state index contributed by atoms with van der Waals surface area (Å²) in [4.78, 5) is 0. The molecule has 2 rings (SSSR count). The van der Waals surface area contributed by atoms with Gasteiger partial charge in [-0.1, -0.05) is 11.6 Å². The van der Waals surface area contributed by atoms with Crippen LogP contribution >= 0.6 is 11.6 Å². The largest absolute Gasteiger partial charge is 0.383 e. The smallest absolute Gasteiger partial charge is 0.130 e. The van der Waals surface area contributed by atoms with Gasteiger partial charge in [-0.3, -0.25) is 4.68 Å². The lowest BCUT2D eigenvalue weighted by molar-refractivity contribution is -0.00776. The van der Waals surface area contributed by atoms with Crippen molar-refractivity contribution in [2.75, 3.05) is 40.0 Å². The Morgan fingerprint density at radius 2 is 2.33 bits per heavy atom. The maximum Gasteiger partial charge on any atom is 0.130 e. The molecule has 1 atom stereocenters. The van der Waals surface area contributed by atoms with Crippen LogP contribution in [-0.2, 0) is 22.9 Å². The van der Waals surface area contributed by atoms with Gasteiger partial charge >= 0.3 is 0 Å². The minimum absolute atomic E-state index is 0.101. The van der Waals surface area contributed by atoms with Crippen LogP contribution in [-0.4, -0.2) is 49.8 Å². The number of aromatic nitrogens is 2. The molecular weight excluding hydrogens is 290 g/mol. The van der Waals surface area contributed by atoms with E-state index in [1.807, 2.05) is 14.0 Å². The zero-order chi connectivity index (χ0) is 15.3. The predicted molar refractivity (Wildman–Crippen MR) is 83.9 cm³/mol. The zero-order valence-corrected chi connectivity index (χ0v) is 14.0. The summed E-state index contributed by atoms with van der Waals surface area (Å²) in [5, 5.41) is 8.65. The number of hydrogen-bond donors (Lipinski definition) is 1. The van der Waals surface area contributed by atoms with Gasteiger partial charge in [0.2, 0.25) is 0 Å². The van der Waals surface area contributed by atoms with Crippen molar-refractivity contribution < 1.29 is 9.47 Å². The van der Waals surface area contributed by atoms with Gasteiger partial charge in [0, 0.05) is 44.8 Å². The van der Waals surface area contributed by atoms with E-state index in [0.717, 1.165) is 68.6 Å². The SMILES string of the molecule is COCCNCC1(Cc2c(C)nn(C)c2Cl)CCCOC1. The lowest BCUT2D eigenvalue weighted by Crippen LogP contribution is -2.43. The van der Waals surface area contributed by atoms with Gasteiger partial charge in [-0.15, -0.1) is 0 Å². The highest BCUT2D eigenvalue weighted by molar-refractivity contribution is 6.30. The van der Waals surface area contributed by atoms with Gasteiger partial charge in [0.15, 0.2) is 0 Å². The first-order chi connectivity index (χ1) is 10.1. The highest BCUT2D eigenvalue weighted by Crippen LogP contribution is 2.35. The monoisotopic (exact) mass is 315 g/mol. The topological polar surface area (TPSA) is 48.3 Å². The third kappa shape index (κ3) is 4.19. The van der Waals surface area contributed by atoms with Crippen LogP contribution in [0.2, 0.25) is 5.15 Å².